The Balaban J connectivity index is 1.95. The van der Waals surface area contributed by atoms with Gasteiger partial charge in [-0.3, -0.25) is 4.90 Å². The SMILES string of the molecule is O=S(=O)(NCCN1CCNCC1)c1cc(Cl)ccc1Cl. The Bertz CT molecular complexity index is 560. The van der Waals surface area contributed by atoms with E-state index in [1.165, 1.54) is 12.1 Å². The first-order chi connectivity index (χ1) is 9.49. The third-order valence-electron chi connectivity index (χ3n) is 3.11. The van der Waals surface area contributed by atoms with Crippen molar-refractivity contribution < 1.29 is 8.42 Å². The maximum absolute atomic E-state index is 12.2. The van der Waals surface area contributed by atoms with E-state index in [4.69, 9.17) is 23.2 Å². The minimum atomic E-state index is -3.62. The third kappa shape index (κ3) is 4.31. The summed E-state index contributed by atoms with van der Waals surface area (Å²) in [4.78, 5) is 2.23. The molecule has 0 bridgehead atoms. The van der Waals surface area contributed by atoms with Crippen molar-refractivity contribution >= 4 is 33.2 Å². The molecule has 5 nitrogen and oxygen atoms in total. The molecule has 0 spiro atoms. The lowest BCUT2D eigenvalue weighted by atomic mass is 10.3. The van der Waals surface area contributed by atoms with Crippen LogP contribution < -0.4 is 10.0 Å². The average molecular weight is 338 g/mol. The Hall–Kier alpha value is -0.370. The van der Waals surface area contributed by atoms with Crippen molar-refractivity contribution in [2.75, 3.05) is 39.3 Å². The number of benzene rings is 1. The molecule has 8 heteroatoms. The first-order valence-electron chi connectivity index (χ1n) is 6.37. The molecule has 1 aliphatic heterocycles. The van der Waals surface area contributed by atoms with Crippen molar-refractivity contribution in [3.8, 4) is 0 Å². The highest BCUT2D eigenvalue weighted by Crippen LogP contribution is 2.24. The van der Waals surface area contributed by atoms with Crippen LogP contribution in [0.3, 0.4) is 0 Å². The van der Waals surface area contributed by atoms with E-state index in [9.17, 15) is 8.42 Å². The fourth-order valence-electron chi connectivity index (χ4n) is 2.03. The van der Waals surface area contributed by atoms with Gasteiger partial charge < -0.3 is 5.32 Å². The summed E-state index contributed by atoms with van der Waals surface area (Å²) in [5.74, 6) is 0. The van der Waals surface area contributed by atoms with Crippen LogP contribution in [0.25, 0.3) is 0 Å². The number of hydrogen-bond donors (Lipinski definition) is 2. The lowest BCUT2D eigenvalue weighted by Gasteiger charge is -2.27. The predicted octanol–water partition coefficient (Wildman–Crippen LogP) is 1.18. The number of rotatable bonds is 5. The van der Waals surface area contributed by atoms with E-state index in [2.05, 4.69) is 14.9 Å². The fourth-order valence-corrected chi connectivity index (χ4v) is 3.82. The molecule has 1 saturated heterocycles. The Labute approximate surface area is 129 Å². The monoisotopic (exact) mass is 337 g/mol. The van der Waals surface area contributed by atoms with Gasteiger partial charge >= 0.3 is 0 Å². The van der Waals surface area contributed by atoms with E-state index >= 15 is 0 Å². The highest BCUT2D eigenvalue weighted by atomic mass is 35.5. The van der Waals surface area contributed by atoms with Crippen LogP contribution in [0.4, 0.5) is 0 Å². The van der Waals surface area contributed by atoms with Gasteiger partial charge in [-0.25, -0.2) is 13.1 Å². The van der Waals surface area contributed by atoms with Gasteiger partial charge in [0.25, 0.3) is 0 Å². The van der Waals surface area contributed by atoms with Gasteiger partial charge in [0.15, 0.2) is 0 Å². The van der Waals surface area contributed by atoms with Gasteiger partial charge in [0.2, 0.25) is 10.0 Å². The van der Waals surface area contributed by atoms with Crippen LogP contribution in [-0.2, 0) is 10.0 Å². The van der Waals surface area contributed by atoms with Crippen LogP contribution in [0.15, 0.2) is 23.1 Å². The highest BCUT2D eigenvalue weighted by molar-refractivity contribution is 7.89. The minimum absolute atomic E-state index is 0.0203. The van der Waals surface area contributed by atoms with E-state index in [1.807, 2.05) is 0 Å². The lowest BCUT2D eigenvalue weighted by molar-refractivity contribution is 0.245. The lowest BCUT2D eigenvalue weighted by Crippen LogP contribution is -2.46. The maximum atomic E-state index is 12.2. The van der Waals surface area contributed by atoms with Crippen LogP contribution in [0.1, 0.15) is 0 Å². The molecule has 1 aromatic carbocycles. The van der Waals surface area contributed by atoms with Crippen molar-refractivity contribution in [2.45, 2.75) is 4.90 Å². The quantitative estimate of drug-likeness (QED) is 0.846. The van der Waals surface area contributed by atoms with E-state index in [0.717, 1.165) is 26.2 Å². The minimum Gasteiger partial charge on any atom is -0.314 e. The Morgan fingerprint density at radius 2 is 1.95 bits per heavy atom. The molecule has 1 aromatic rings. The van der Waals surface area contributed by atoms with Gasteiger partial charge in [0, 0.05) is 44.3 Å². The molecule has 0 radical (unpaired) electrons. The summed E-state index contributed by atoms with van der Waals surface area (Å²) in [6.45, 7) is 4.77. The van der Waals surface area contributed by atoms with E-state index in [1.54, 1.807) is 6.07 Å². The van der Waals surface area contributed by atoms with E-state index < -0.39 is 10.0 Å². The van der Waals surface area contributed by atoms with E-state index in [-0.39, 0.29) is 9.92 Å². The zero-order valence-electron chi connectivity index (χ0n) is 10.9. The number of piperazine rings is 1. The summed E-state index contributed by atoms with van der Waals surface area (Å²) in [5, 5.41) is 3.76. The number of nitrogens with zero attached hydrogens (tertiary/aromatic N) is 1. The summed E-state index contributed by atoms with van der Waals surface area (Å²) in [6, 6.07) is 4.40. The molecule has 1 aliphatic rings. The summed E-state index contributed by atoms with van der Waals surface area (Å²) < 4.78 is 26.9. The summed E-state index contributed by atoms with van der Waals surface area (Å²) in [7, 11) is -3.62. The fraction of sp³-hybridized carbons (Fsp3) is 0.500. The highest BCUT2D eigenvalue weighted by Gasteiger charge is 2.18. The first kappa shape index (κ1) is 16.0. The molecule has 2 N–H and O–H groups in total. The number of nitrogens with one attached hydrogen (secondary N) is 2. The second kappa shape index (κ2) is 7.06. The van der Waals surface area contributed by atoms with Crippen molar-refractivity contribution in [1.82, 2.24) is 14.9 Å². The molecule has 0 saturated carbocycles. The van der Waals surface area contributed by atoms with Gasteiger partial charge in [-0.15, -0.1) is 0 Å². The predicted molar refractivity (Wildman–Crippen MR) is 81.0 cm³/mol. The summed E-state index contributed by atoms with van der Waals surface area (Å²) in [5.41, 5.74) is 0. The maximum Gasteiger partial charge on any atom is 0.242 e. The van der Waals surface area contributed by atoms with Crippen molar-refractivity contribution in [2.24, 2.45) is 0 Å². The molecule has 0 aromatic heterocycles. The molecule has 0 atom stereocenters. The molecule has 1 fully saturated rings. The number of hydrogen-bond acceptors (Lipinski definition) is 4. The Morgan fingerprint density at radius 3 is 2.65 bits per heavy atom. The molecule has 0 unspecified atom stereocenters. The van der Waals surface area contributed by atoms with Crippen LogP contribution in [0, 0.1) is 0 Å². The zero-order chi connectivity index (χ0) is 14.6. The van der Waals surface area contributed by atoms with Gasteiger partial charge in [-0.2, -0.15) is 0 Å². The molecule has 1 heterocycles. The second-order valence-corrected chi connectivity index (χ2v) is 7.14. The normalized spacial score (nSPS) is 17.3. The molecule has 2 rings (SSSR count). The van der Waals surface area contributed by atoms with Gasteiger partial charge in [0.1, 0.15) is 4.90 Å². The van der Waals surface area contributed by atoms with Crippen molar-refractivity contribution in [3.05, 3.63) is 28.2 Å². The molecule has 112 valence electrons. The molecule has 20 heavy (non-hydrogen) atoms. The van der Waals surface area contributed by atoms with Crippen molar-refractivity contribution in [3.63, 3.8) is 0 Å². The zero-order valence-corrected chi connectivity index (χ0v) is 13.2. The number of sulfonamides is 1. The van der Waals surface area contributed by atoms with E-state index in [0.29, 0.717) is 18.1 Å². The molecule has 0 aliphatic carbocycles. The Kier molecular flexibility index (Phi) is 5.65. The molecule has 0 amide bonds. The molecular formula is C12H17Cl2N3O2S. The standard InChI is InChI=1S/C12H17Cl2N3O2S/c13-10-1-2-11(14)12(9-10)20(18,19)16-5-8-17-6-3-15-4-7-17/h1-2,9,15-16H,3-8H2. The smallest absolute Gasteiger partial charge is 0.242 e. The second-order valence-electron chi connectivity index (χ2n) is 4.56. The third-order valence-corrected chi connectivity index (χ3v) is 5.29. The topological polar surface area (TPSA) is 61.4 Å². The average Bonchev–Trinajstić information content (AvgIpc) is 2.42. The van der Waals surface area contributed by atoms with Gasteiger partial charge in [-0.05, 0) is 18.2 Å². The summed E-state index contributed by atoms with van der Waals surface area (Å²) >= 11 is 11.7. The molecular weight excluding hydrogens is 321 g/mol. The van der Waals surface area contributed by atoms with Crippen molar-refractivity contribution in [1.29, 1.82) is 0 Å². The van der Waals surface area contributed by atoms with Crippen LogP contribution in [-0.4, -0.2) is 52.6 Å². The van der Waals surface area contributed by atoms with Gasteiger partial charge in [-0.1, -0.05) is 23.2 Å². The number of halogens is 2. The first-order valence-corrected chi connectivity index (χ1v) is 8.61. The Morgan fingerprint density at radius 1 is 1.25 bits per heavy atom. The van der Waals surface area contributed by atoms with Crippen LogP contribution >= 0.6 is 23.2 Å². The van der Waals surface area contributed by atoms with Crippen LogP contribution in [0.5, 0.6) is 0 Å². The largest absolute Gasteiger partial charge is 0.314 e. The van der Waals surface area contributed by atoms with Gasteiger partial charge in [0.05, 0.1) is 5.02 Å². The summed E-state index contributed by atoms with van der Waals surface area (Å²) in [6.07, 6.45) is 0. The van der Waals surface area contributed by atoms with Crippen LogP contribution in [0.2, 0.25) is 10.0 Å².